The van der Waals surface area contributed by atoms with Crippen molar-refractivity contribution in [2.24, 2.45) is 0 Å². The minimum atomic E-state index is -0.0622. The number of hydrogen-bond donors (Lipinski definition) is 2. The third kappa shape index (κ3) is 3.61. The van der Waals surface area contributed by atoms with Crippen molar-refractivity contribution in [3.8, 4) is 5.82 Å². The lowest BCUT2D eigenvalue weighted by Crippen LogP contribution is -2.30. The van der Waals surface area contributed by atoms with Gasteiger partial charge in [-0.15, -0.1) is 0 Å². The van der Waals surface area contributed by atoms with Gasteiger partial charge < -0.3 is 10.6 Å². The molecule has 1 atom stereocenters. The fraction of sp³-hybridized carbons (Fsp3) is 0.385. The third-order valence-corrected chi connectivity index (χ3v) is 2.74. The largest absolute Gasteiger partial charge is 0.323 e. The SMILES string of the molecule is CCNC(C)CC(=O)Nc1cccnc1-n1cncn1. The summed E-state index contributed by atoms with van der Waals surface area (Å²) in [7, 11) is 0. The maximum absolute atomic E-state index is 12.0. The van der Waals surface area contributed by atoms with Gasteiger partial charge in [-0.05, 0) is 25.6 Å². The topological polar surface area (TPSA) is 84.7 Å². The van der Waals surface area contributed by atoms with Crippen molar-refractivity contribution in [3.63, 3.8) is 0 Å². The molecular formula is C13H18N6O. The Morgan fingerprint density at radius 3 is 3.05 bits per heavy atom. The van der Waals surface area contributed by atoms with Crippen LogP contribution in [0.1, 0.15) is 20.3 Å². The lowest BCUT2D eigenvalue weighted by atomic mass is 10.2. The van der Waals surface area contributed by atoms with Crippen LogP contribution in [0.5, 0.6) is 0 Å². The van der Waals surface area contributed by atoms with E-state index in [2.05, 4.69) is 25.7 Å². The molecule has 1 unspecified atom stereocenters. The minimum Gasteiger partial charge on any atom is -0.323 e. The standard InChI is InChI=1S/C13H18N6O/c1-3-15-10(2)7-12(20)18-11-5-4-6-16-13(11)19-9-14-8-17-19/h4-6,8-10,15H,3,7H2,1-2H3,(H,18,20). The number of carbonyl (C=O) groups excluding carboxylic acids is 1. The Hall–Kier alpha value is -2.28. The van der Waals surface area contributed by atoms with E-state index in [1.54, 1.807) is 24.7 Å². The van der Waals surface area contributed by atoms with Gasteiger partial charge in [-0.3, -0.25) is 4.79 Å². The maximum Gasteiger partial charge on any atom is 0.226 e. The van der Waals surface area contributed by atoms with Crippen LogP contribution >= 0.6 is 0 Å². The number of aromatic nitrogens is 4. The van der Waals surface area contributed by atoms with E-state index in [0.717, 1.165) is 6.54 Å². The second-order valence-corrected chi connectivity index (χ2v) is 4.43. The number of carbonyl (C=O) groups is 1. The van der Waals surface area contributed by atoms with E-state index in [4.69, 9.17) is 0 Å². The Morgan fingerprint density at radius 1 is 1.50 bits per heavy atom. The van der Waals surface area contributed by atoms with Gasteiger partial charge in [0.2, 0.25) is 5.91 Å². The number of nitrogens with one attached hydrogen (secondary N) is 2. The van der Waals surface area contributed by atoms with Crippen LogP contribution in [0.3, 0.4) is 0 Å². The Labute approximate surface area is 117 Å². The summed E-state index contributed by atoms with van der Waals surface area (Å²) >= 11 is 0. The summed E-state index contributed by atoms with van der Waals surface area (Å²) in [6.45, 7) is 4.83. The number of anilines is 1. The molecular weight excluding hydrogens is 256 g/mol. The fourth-order valence-electron chi connectivity index (χ4n) is 1.89. The lowest BCUT2D eigenvalue weighted by molar-refractivity contribution is -0.116. The van der Waals surface area contributed by atoms with Crippen LogP contribution in [0.15, 0.2) is 31.0 Å². The first-order valence-corrected chi connectivity index (χ1v) is 6.54. The van der Waals surface area contributed by atoms with E-state index in [0.29, 0.717) is 17.9 Å². The van der Waals surface area contributed by atoms with Crippen LogP contribution in [-0.4, -0.2) is 38.2 Å². The zero-order chi connectivity index (χ0) is 14.4. The number of pyridine rings is 1. The molecule has 0 fully saturated rings. The van der Waals surface area contributed by atoms with Crippen molar-refractivity contribution in [2.75, 3.05) is 11.9 Å². The Kier molecular flexibility index (Phi) is 4.78. The molecule has 0 spiro atoms. The predicted molar refractivity (Wildman–Crippen MR) is 75.5 cm³/mol. The molecule has 0 aliphatic heterocycles. The molecule has 1 amide bonds. The van der Waals surface area contributed by atoms with Crippen molar-refractivity contribution in [2.45, 2.75) is 26.3 Å². The minimum absolute atomic E-state index is 0.0622. The number of rotatable bonds is 6. The number of amides is 1. The molecule has 2 N–H and O–H groups in total. The summed E-state index contributed by atoms with van der Waals surface area (Å²) in [5, 5.41) is 10.1. The van der Waals surface area contributed by atoms with Crippen LogP contribution in [0.25, 0.3) is 5.82 Å². The molecule has 2 heterocycles. The fourth-order valence-corrected chi connectivity index (χ4v) is 1.89. The van der Waals surface area contributed by atoms with Gasteiger partial charge in [0.25, 0.3) is 0 Å². The number of nitrogens with zero attached hydrogens (tertiary/aromatic N) is 4. The maximum atomic E-state index is 12.0. The van der Waals surface area contributed by atoms with Crippen molar-refractivity contribution in [1.29, 1.82) is 0 Å². The average molecular weight is 274 g/mol. The molecule has 0 bridgehead atoms. The third-order valence-electron chi connectivity index (χ3n) is 2.74. The van der Waals surface area contributed by atoms with E-state index in [-0.39, 0.29) is 11.9 Å². The van der Waals surface area contributed by atoms with Gasteiger partial charge in [0.1, 0.15) is 12.7 Å². The normalized spacial score (nSPS) is 12.1. The summed E-state index contributed by atoms with van der Waals surface area (Å²) in [6.07, 6.45) is 5.01. The average Bonchev–Trinajstić information content (AvgIpc) is 2.93. The molecule has 0 saturated heterocycles. The van der Waals surface area contributed by atoms with Crippen LogP contribution in [0.2, 0.25) is 0 Å². The predicted octanol–water partition coefficient (Wildman–Crippen LogP) is 0.989. The molecule has 2 aromatic rings. The highest BCUT2D eigenvalue weighted by atomic mass is 16.1. The van der Waals surface area contributed by atoms with E-state index < -0.39 is 0 Å². The van der Waals surface area contributed by atoms with E-state index in [1.165, 1.54) is 11.0 Å². The zero-order valence-corrected chi connectivity index (χ0v) is 11.6. The van der Waals surface area contributed by atoms with Crippen LogP contribution in [-0.2, 0) is 4.79 Å². The molecule has 0 radical (unpaired) electrons. The van der Waals surface area contributed by atoms with Gasteiger partial charge in [0.15, 0.2) is 5.82 Å². The summed E-state index contributed by atoms with van der Waals surface area (Å²) in [5.41, 5.74) is 0.617. The molecule has 7 nitrogen and oxygen atoms in total. The first-order valence-electron chi connectivity index (χ1n) is 6.54. The van der Waals surface area contributed by atoms with Gasteiger partial charge in [0.05, 0.1) is 5.69 Å². The molecule has 0 aliphatic rings. The van der Waals surface area contributed by atoms with E-state index in [9.17, 15) is 4.79 Å². The monoisotopic (exact) mass is 274 g/mol. The molecule has 7 heteroatoms. The van der Waals surface area contributed by atoms with Crippen molar-refractivity contribution in [3.05, 3.63) is 31.0 Å². The van der Waals surface area contributed by atoms with E-state index in [1.807, 2.05) is 13.8 Å². The summed E-state index contributed by atoms with van der Waals surface area (Å²) < 4.78 is 1.52. The lowest BCUT2D eigenvalue weighted by Gasteiger charge is -2.13. The first kappa shape index (κ1) is 14.1. The van der Waals surface area contributed by atoms with Gasteiger partial charge in [-0.2, -0.15) is 5.10 Å². The van der Waals surface area contributed by atoms with Gasteiger partial charge in [-0.25, -0.2) is 14.6 Å². The molecule has 2 rings (SSSR count). The molecule has 106 valence electrons. The summed E-state index contributed by atoms with van der Waals surface area (Å²) in [4.78, 5) is 20.1. The first-order chi connectivity index (χ1) is 9.70. The molecule has 0 aromatic carbocycles. The van der Waals surface area contributed by atoms with Crippen LogP contribution < -0.4 is 10.6 Å². The number of hydrogen-bond acceptors (Lipinski definition) is 5. The van der Waals surface area contributed by atoms with Crippen molar-refractivity contribution >= 4 is 11.6 Å². The van der Waals surface area contributed by atoms with Crippen LogP contribution in [0, 0.1) is 0 Å². The van der Waals surface area contributed by atoms with Crippen molar-refractivity contribution < 1.29 is 4.79 Å². The summed E-state index contributed by atoms with van der Waals surface area (Å²) in [5.74, 6) is 0.488. The van der Waals surface area contributed by atoms with Gasteiger partial charge in [-0.1, -0.05) is 6.92 Å². The molecule has 2 aromatic heterocycles. The zero-order valence-electron chi connectivity index (χ0n) is 11.6. The highest BCUT2D eigenvalue weighted by molar-refractivity contribution is 5.92. The highest BCUT2D eigenvalue weighted by Crippen LogP contribution is 2.16. The Balaban J connectivity index is 2.08. The van der Waals surface area contributed by atoms with Gasteiger partial charge in [0, 0.05) is 18.7 Å². The van der Waals surface area contributed by atoms with Crippen molar-refractivity contribution in [1.82, 2.24) is 25.1 Å². The van der Waals surface area contributed by atoms with E-state index >= 15 is 0 Å². The second kappa shape index (κ2) is 6.76. The second-order valence-electron chi connectivity index (χ2n) is 4.43. The quantitative estimate of drug-likeness (QED) is 0.820. The Morgan fingerprint density at radius 2 is 2.35 bits per heavy atom. The smallest absolute Gasteiger partial charge is 0.226 e. The summed E-state index contributed by atoms with van der Waals surface area (Å²) in [6, 6.07) is 3.69. The Bertz CT molecular complexity index is 554. The molecule has 20 heavy (non-hydrogen) atoms. The highest BCUT2D eigenvalue weighted by Gasteiger charge is 2.12. The molecule has 0 saturated carbocycles. The van der Waals surface area contributed by atoms with Gasteiger partial charge >= 0.3 is 0 Å². The molecule has 0 aliphatic carbocycles. The van der Waals surface area contributed by atoms with Crippen LogP contribution in [0.4, 0.5) is 5.69 Å².